The number of nitrogen functional groups attached to an aromatic ring is 1. The first-order chi connectivity index (χ1) is 6.50. The van der Waals surface area contributed by atoms with Gasteiger partial charge in [-0.15, -0.1) is 11.8 Å². The Balaban J connectivity index is 2.82. The molecule has 0 spiro atoms. The van der Waals surface area contributed by atoms with Crippen molar-refractivity contribution in [2.24, 2.45) is 5.92 Å². The molecule has 2 N–H and O–H groups in total. The summed E-state index contributed by atoms with van der Waals surface area (Å²) < 4.78 is 13.5. The third-order valence-corrected chi connectivity index (χ3v) is 3.73. The number of hydrogen-bond donors (Lipinski definition) is 1. The van der Waals surface area contributed by atoms with Gasteiger partial charge in [0.15, 0.2) is 0 Å². The van der Waals surface area contributed by atoms with E-state index in [-0.39, 0.29) is 5.82 Å². The van der Waals surface area contributed by atoms with Crippen LogP contribution in [0.15, 0.2) is 21.5 Å². The average Bonchev–Trinajstić information content (AvgIpc) is 2.09. The Kier molecular flexibility index (Phi) is 4.26. The zero-order valence-electron chi connectivity index (χ0n) is 8.18. The van der Waals surface area contributed by atoms with E-state index in [1.54, 1.807) is 17.8 Å². The van der Waals surface area contributed by atoms with Crippen molar-refractivity contribution in [1.82, 2.24) is 0 Å². The van der Waals surface area contributed by atoms with Gasteiger partial charge in [-0.3, -0.25) is 0 Å². The van der Waals surface area contributed by atoms with Gasteiger partial charge in [0.25, 0.3) is 0 Å². The molecule has 0 aliphatic rings. The summed E-state index contributed by atoms with van der Waals surface area (Å²) in [4.78, 5) is 0.937. The molecule has 14 heavy (non-hydrogen) atoms. The summed E-state index contributed by atoms with van der Waals surface area (Å²) in [7, 11) is 0. The second-order valence-electron chi connectivity index (χ2n) is 3.51. The molecule has 1 aromatic carbocycles. The molecule has 0 saturated carbocycles. The predicted octanol–water partition coefficient (Wildman–Crippen LogP) is 3.92. The second kappa shape index (κ2) is 5.03. The first-order valence-corrected chi connectivity index (χ1v) is 6.16. The molecular formula is C10H13BrFNS. The van der Waals surface area contributed by atoms with Crippen LogP contribution in [0.2, 0.25) is 0 Å². The molecule has 0 amide bonds. The summed E-state index contributed by atoms with van der Waals surface area (Å²) in [6.07, 6.45) is 0. The monoisotopic (exact) mass is 277 g/mol. The van der Waals surface area contributed by atoms with Crippen molar-refractivity contribution in [3.05, 3.63) is 22.4 Å². The van der Waals surface area contributed by atoms with E-state index in [4.69, 9.17) is 5.73 Å². The molecule has 0 heterocycles. The molecule has 0 saturated heterocycles. The van der Waals surface area contributed by atoms with Crippen molar-refractivity contribution < 1.29 is 4.39 Å². The van der Waals surface area contributed by atoms with E-state index in [0.29, 0.717) is 16.1 Å². The highest BCUT2D eigenvalue weighted by molar-refractivity contribution is 9.10. The molecule has 1 nitrogen and oxygen atoms in total. The molecule has 4 heteroatoms. The van der Waals surface area contributed by atoms with Gasteiger partial charge in [-0.2, -0.15) is 0 Å². The Bertz CT molecular complexity index is 328. The summed E-state index contributed by atoms with van der Waals surface area (Å²) in [6, 6.07) is 3.09. The molecule has 78 valence electrons. The van der Waals surface area contributed by atoms with Crippen molar-refractivity contribution in [2.75, 3.05) is 11.5 Å². The van der Waals surface area contributed by atoms with Gasteiger partial charge in [0.1, 0.15) is 5.82 Å². The zero-order valence-corrected chi connectivity index (χ0v) is 10.6. The van der Waals surface area contributed by atoms with Gasteiger partial charge in [-0.25, -0.2) is 4.39 Å². The summed E-state index contributed by atoms with van der Waals surface area (Å²) >= 11 is 4.80. The van der Waals surface area contributed by atoms with Gasteiger partial charge < -0.3 is 5.73 Å². The van der Waals surface area contributed by atoms with Gasteiger partial charge >= 0.3 is 0 Å². The molecule has 0 aliphatic carbocycles. The number of hydrogen-bond acceptors (Lipinski definition) is 2. The normalized spacial score (nSPS) is 10.9. The maximum absolute atomic E-state index is 13.0. The van der Waals surface area contributed by atoms with Crippen molar-refractivity contribution in [2.45, 2.75) is 18.7 Å². The van der Waals surface area contributed by atoms with E-state index in [2.05, 4.69) is 29.8 Å². The van der Waals surface area contributed by atoms with E-state index >= 15 is 0 Å². The van der Waals surface area contributed by atoms with Crippen molar-refractivity contribution in [3.8, 4) is 0 Å². The average molecular weight is 278 g/mol. The molecule has 0 bridgehead atoms. The molecule has 0 aromatic heterocycles. The molecule has 0 aliphatic heterocycles. The minimum absolute atomic E-state index is 0.309. The van der Waals surface area contributed by atoms with E-state index in [0.717, 1.165) is 10.6 Å². The van der Waals surface area contributed by atoms with Gasteiger partial charge in [0.2, 0.25) is 0 Å². The fraction of sp³-hybridized carbons (Fsp3) is 0.400. The third-order valence-electron chi connectivity index (χ3n) is 1.62. The van der Waals surface area contributed by atoms with E-state index < -0.39 is 0 Å². The Labute approximate surface area is 96.4 Å². The number of benzene rings is 1. The van der Waals surface area contributed by atoms with E-state index in [9.17, 15) is 4.39 Å². The first kappa shape index (κ1) is 11.9. The standard InChI is InChI=1S/C10H13BrFNS/c1-6(2)5-14-10-3-7(11)8(12)4-9(10)13/h3-4,6H,5,13H2,1-2H3. The van der Waals surface area contributed by atoms with Gasteiger partial charge in [0.05, 0.1) is 4.47 Å². The highest BCUT2D eigenvalue weighted by atomic mass is 79.9. The summed E-state index contributed by atoms with van der Waals surface area (Å²) in [5, 5.41) is 0. The predicted molar refractivity (Wildman–Crippen MR) is 64.1 cm³/mol. The van der Waals surface area contributed by atoms with E-state index in [1.807, 2.05) is 0 Å². The second-order valence-corrected chi connectivity index (χ2v) is 5.43. The smallest absolute Gasteiger partial charge is 0.139 e. The van der Waals surface area contributed by atoms with Crippen LogP contribution >= 0.6 is 27.7 Å². The highest BCUT2D eigenvalue weighted by Crippen LogP contribution is 2.31. The number of rotatable bonds is 3. The van der Waals surface area contributed by atoms with Gasteiger partial charge in [0, 0.05) is 16.3 Å². The molecule has 1 rings (SSSR count). The Morgan fingerprint density at radius 3 is 2.71 bits per heavy atom. The number of anilines is 1. The molecule has 0 atom stereocenters. The Morgan fingerprint density at radius 2 is 2.14 bits per heavy atom. The lowest BCUT2D eigenvalue weighted by molar-refractivity contribution is 0.620. The molecule has 0 fully saturated rings. The van der Waals surface area contributed by atoms with Crippen LogP contribution in [0.3, 0.4) is 0 Å². The topological polar surface area (TPSA) is 26.0 Å². The van der Waals surface area contributed by atoms with E-state index in [1.165, 1.54) is 6.07 Å². The SMILES string of the molecule is CC(C)CSc1cc(Br)c(F)cc1N. The third kappa shape index (κ3) is 3.17. The summed E-state index contributed by atoms with van der Waals surface area (Å²) in [6.45, 7) is 4.28. The lowest BCUT2D eigenvalue weighted by atomic mass is 10.3. The minimum atomic E-state index is -0.309. The van der Waals surface area contributed by atoms with Crippen LogP contribution in [0, 0.1) is 11.7 Å². The molecule has 1 aromatic rings. The largest absolute Gasteiger partial charge is 0.398 e. The van der Waals surface area contributed by atoms with Gasteiger partial charge in [-0.1, -0.05) is 13.8 Å². The maximum atomic E-state index is 13.0. The van der Waals surface area contributed by atoms with Crippen molar-refractivity contribution in [3.63, 3.8) is 0 Å². The minimum Gasteiger partial charge on any atom is -0.398 e. The lowest BCUT2D eigenvalue weighted by Gasteiger charge is -2.08. The first-order valence-electron chi connectivity index (χ1n) is 4.38. The zero-order chi connectivity index (χ0) is 10.7. The maximum Gasteiger partial charge on any atom is 0.139 e. The number of thioether (sulfide) groups is 1. The van der Waals surface area contributed by atoms with Crippen LogP contribution in [-0.2, 0) is 0 Å². The number of nitrogens with two attached hydrogens (primary N) is 1. The summed E-state index contributed by atoms with van der Waals surface area (Å²) in [5.41, 5.74) is 6.21. The van der Waals surface area contributed by atoms with Crippen LogP contribution in [0.4, 0.5) is 10.1 Å². The van der Waals surface area contributed by atoms with Crippen molar-refractivity contribution in [1.29, 1.82) is 0 Å². The summed E-state index contributed by atoms with van der Waals surface area (Å²) in [5.74, 6) is 1.28. The number of halogens is 2. The Morgan fingerprint density at radius 1 is 1.50 bits per heavy atom. The van der Waals surface area contributed by atoms with Crippen LogP contribution in [0.25, 0.3) is 0 Å². The quantitative estimate of drug-likeness (QED) is 0.670. The van der Waals surface area contributed by atoms with Crippen LogP contribution in [0.1, 0.15) is 13.8 Å². The molecular weight excluding hydrogens is 265 g/mol. The van der Waals surface area contributed by atoms with Crippen LogP contribution in [-0.4, -0.2) is 5.75 Å². The fourth-order valence-corrected chi connectivity index (χ4v) is 2.36. The molecule has 0 radical (unpaired) electrons. The van der Waals surface area contributed by atoms with Crippen molar-refractivity contribution >= 4 is 33.4 Å². The molecule has 0 unspecified atom stereocenters. The van der Waals surface area contributed by atoms with Gasteiger partial charge in [-0.05, 0) is 34.0 Å². The Hall–Kier alpha value is -0.220. The lowest BCUT2D eigenvalue weighted by Crippen LogP contribution is -1.95. The van der Waals surface area contributed by atoms with Crippen LogP contribution in [0.5, 0.6) is 0 Å². The fourth-order valence-electron chi connectivity index (χ4n) is 0.925. The van der Waals surface area contributed by atoms with Crippen LogP contribution < -0.4 is 5.73 Å². The highest BCUT2D eigenvalue weighted by Gasteiger charge is 2.06.